The maximum Gasteiger partial charge on any atom is 0.257 e. The largest absolute Gasteiger partial charge is 0.507 e. The number of carbonyl (C=O) groups excluding carboxylic acids is 2. The number of hydrogen-bond donors (Lipinski definition) is 1. The quantitative estimate of drug-likeness (QED) is 0.918. The zero-order chi connectivity index (χ0) is 17.6. The van der Waals surface area contributed by atoms with Crippen molar-refractivity contribution >= 4 is 11.8 Å². The number of rotatable bonds is 3. The Balaban J connectivity index is 1.48. The molecule has 2 atom stereocenters. The average Bonchev–Trinajstić information content (AvgIpc) is 3.45. The standard InChI is InChI=1S/C20H26N2O3/c1-2-13-3-7-16(18(23)11-13)20(25)21-10-9-17-14(12-21)4-8-19(24)22(17)15-5-6-15/h3,7,11,14-15,17,23H,2,4-6,8-10,12H2,1H3. The van der Waals surface area contributed by atoms with Crippen molar-refractivity contribution < 1.29 is 14.7 Å². The summed E-state index contributed by atoms with van der Waals surface area (Å²) >= 11 is 0. The molecule has 5 heteroatoms. The number of amides is 2. The lowest BCUT2D eigenvalue weighted by Crippen LogP contribution is -2.57. The fourth-order valence-electron chi connectivity index (χ4n) is 4.45. The van der Waals surface area contributed by atoms with Crippen LogP contribution in [0.3, 0.4) is 0 Å². The van der Waals surface area contributed by atoms with Gasteiger partial charge in [-0.05, 0) is 55.7 Å². The molecule has 0 bridgehead atoms. The smallest absolute Gasteiger partial charge is 0.257 e. The van der Waals surface area contributed by atoms with Gasteiger partial charge in [0.25, 0.3) is 5.91 Å². The van der Waals surface area contributed by atoms with E-state index < -0.39 is 0 Å². The van der Waals surface area contributed by atoms with E-state index >= 15 is 0 Å². The molecule has 3 aliphatic rings. The second-order valence-corrected chi connectivity index (χ2v) is 7.64. The normalized spacial score (nSPS) is 26.5. The van der Waals surface area contributed by atoms with E-state index in [0.29, 0.717) is 49.0 Å². The number of nitrogens with zero attached hydrogens (tertiary/aromatic N) is 2. The lowest BCUT2D eigenvalue weighted by atomic mass is 9.83. The minimum absolute atomic E-state index is 0.0740. The molecule has 0 spiro atoms. The third-order valence-electron chi connectivity index (χ3n) is 6.00. The van der Waals surface area contributed by atoms with Crippen molar-refractivity contribution in [2.24, 2.45) is 5.92 Å². The molecule has 25 heavy (non-hydrogen) atoms. The van der Waals surface area contributed by atoms with E-state index in [0.717, 1.165) is 37.7 Å². The topological polar surface area (TPSA) is 60.9 Å². The van der Waals surface area contributed by atoms with Crippen LogP contribution in [0.2, 0.25) is 0 Å². The number of piperidine rings is 2. The summed E-state index contributed by atoms with van der Waals surface area (Å²) in [7, 11) is 0. The second-order valence-electron chi connectivity index (χ2n) is 7.64. The molecule has 5 nitrogen and oxygen atoms in total. The van der Waals surface area contributed by atoms with Crippen molar-refractivity contribution in [3.05, 3.63) is 29.3 Å². The highest BCUT2D eigenvalue weighted by atomic mass is 16.3. The van der Waals surface area contributed by atoms with Crippen molar-refractivity contribution in [2.45, 2.75) is 57.5 Å². The summed E-state index contributed by atoms with van der Waals surface area (Å²) in [5, 5.41) is 10.2. The van der Waals surface area contributed by atoms with Crippen LogP contribution in [0.25, 0.3) is 0 Å². The van der Waals surface area contributed by atoms with Crippen LogP contribution in [0, 0.1) is 5.92 Å². The Morgan fingerprint density at radius 3 is 2.72 bits per heavy atom. The van der Waals surface area contributed by atoms with Gasteiger partial charge in [0.05, 0.1) is 5.56 Å². The van der Waals surface area contributed by atoms with Crippen LogP contribution in [0.1, 0.15) is 54.9 Å². The summed E-state index contributed by atoms with van der Waals surface area (Å²) in [5.74, 6) is 0.655. The molecular weight excluding hydrogens is 316 g/mol. The van der Waals surface area contributed by atoms with Gasteiger partial charge in [0.15, 0.2) is 0 Å². The number of aromatic hydroxyl groups is 1. The third-order valence-corrected chi connectivity index (χ3v) is 6.00. The average molecular weight is 342 g/mol. The molecule has 2 heterocycles. The van der Waals surface area contributed by atoms with Gasteiger partial charge in [-0.15, -0.1) is 0 Å². The molecule has 1 aromatic rings. The maximum absolute atomic E-state index is 12.9. The van der Waals surface area contributed by atoms with Gasteiger partial charge in [-0.25, -0.2) is 0 Å². The van der Waals surface area contributed by atoms with E-state index in [1.165, 1.54) is 0 Å². The molecule has 0 aromatic heterocycles. The van der Waals surface area contributed by atoms with Crippen LogP contribution in [-0.2, 0) is 11.2 Å². The first-order valence-electron chi connectivity index (χ1n) is 9.50. The van der Waals surface area contributed by atoms with Crippen LogP contribution in [-0.4, -0.2) is 51.9 Å². The Bertz CT molecular complexity index is 698. The number of benzene rings is 1. The van der Waals surface area contributed by atoms with Crippen molar-refractivity contribution in [2.75, 3.05) is 13.1 Å². The highest BCUT2D eigenvalue weighted by Gasteiger charge is 2.45. The number of aryl methyl sites for hydroxylation is 1. The van der Waals surface area contributed by atoms with Gasteiger partial charge in [0.2, 0.25) is 5.91 Å². The molecule has 2 unspecified atom stereocenters. The van der Waals surface area contributed by atoms with Crippen molar-refractivity contribution in [3.63, 3.8) is 0 Å². The Hall–Kier alpha value is -2.04. The Labute approximate surface area is 148 Å². The van der Waals surface area contributed by atoms with Crippen molar-refractivity contribution in [1.29, 1.82) is 0 Å². The second kappa shape index (κ2) is 6.36. The first-order valence-corrected chi connectivity index (χ1v) is 9.50. The molecule has 3 fully saturated rings. The molecule has 1 N–H and O–H groups in total. The van der Waals surface area contributed by atoms with E-state index in [1.807, 2.05) is 17.9 Å². The highest BCUT2D eigenvalue weighted by molar-refractivity contribution is 5.97. The number of phenolic OH excluding ortho intramolecular Hbond substituents is 1. The maximum atomic E-state index is 12.9. The fraction of sp³-hybridized carbons (Fsp3) is 0.600. The molecule has 0 radical (unpaired) electrons. The van der Waals surface area contributed by atoms with Crippen LogP contribution in [0.4, 0.5) is 0 Å². The summed E-state index contributed by atoms with van der Waals surface area (Å²) in [6, 6.07) is 6.09. The molecule has 2 aliphatic heterocycles. The minimum Gasteiger partial charge on any atom is -0.507 e. The van der Waals surface area contributed by atoms with E-state index in [-0.39, 0.29) is 11.7 Å². The Morgan fingerprint density at radius 1 is 1.24 bits per heavy atom. The lowest BCUT2D eigenvalue weighted by Gasteiger charge is -2.47. The number of fused-ring (bicyclic) bond motifs is 1. The molecule has 4 rings (SSSR count). The van der Waals surface area contributed by atoms with Gasteiger partial charge in [-0.3, -0.25) is 9.59 Å². The Kier molecular flexibility index (Phi) is 4.18. The van der Waals surface area contributed by atoms with E-state index in [2.05, 4.69) is 4.90 Å². The van der Waals surface area contributed by atoms with Crippen LogP contribution in [0.5, 0.6) is 5.75 Å². The monoisotopic (exact) mass is 342 g/mol. The van der Waals surface area contributed by atoms with Crippen molar-refractivity contribution in [1.82, 2.24) is 9.80 Å². The number of likely N-dealkylation sites (tertiary alicyclic amines) is 2. The predicted octanol–water partition coefficient (Wildman–Crippen LogP) is 2.57. The summed E-state index contributed by atoms with van der Waals surface area (Å²) in [5.41, 5.74) is 1.42. The molecule has 1 aliphatic carbocycles. The summed E-state index contributed by atoms with van der Waals surface area (Å²) in [4.78, 5) is 29.1. The zero-order valence-electron chi connectivity index (χ0n) is 14.8. The number of phenols is 1. The van der Waals surface area contributed by atoms with Gasteiger partial charge in [-0.2, -0.15) is 0 Å². The lowest BCUT2D eigenvalue weighted by molar-refractivity contribution is -0.141. The predicted molar refractivity (Wildman–Crippen MR) is 94.4 cm³/mol. The third kappa shape index (κ3) is 3.00. The first kappa shape index (κ1) is 16.4. The van der Waals surface area contributed by atoms with Gasteiger partial charge in [-0.1, -0.05) is 13.0 Å². The van der Waals surface area contributed by atoms with Crippen LogP contribution >= 0.6 is 0 Å². The van der Waals surface area contributed by atoms with E-state index in [4.69, 9.17) is 0 Å². The van der Waals surface area contributed by atoms with Gasteiger partial charge in [0, 0.05) is 31.6 Å². The first-order chi connectivity index (χ1) is 12.1. The van der Waals surface area contributed by atoms with Gasteiger partial charge in [0.1, 0.15) is 5.75 Å². The molecule has 1 saturated carbocycles. The fourth-order valence-corrected chi connectivity index (χ4v) is 4.45. The van der Waals surface area contributed by atoms with Gasteiger partial charge >= 0.3 is 0 Å². The molecular formula is C20H26N2O3. The summed E-state index contributed by atoms with van der Waals surface area (Å²) in [6.45, 7) is 3.37. The summed E-state index contributed by atoms with van der Waals surface area (Å²) in [6.07, 6.45) is 5.44. The summed E-state index contributed by atoms with van der Waals surface area (Å²) < 4.78 is 0. The highest BCUT2D eigenvalue weighted by Crippen LogP contribution is 2.39. The van der Waals surface area contributed by atoms with Gasteiger partial charge < -0.3 is 14.9 Å². The molecule has 2 amide bonds. The number of carbonyl (C=O) groups is 2. The van der Waals surface area contributed by atoms with Crippen molar-refractivity contribution in [3.8, 4) is 5.75 Å². The number of hydrogen-bond acceptors (Lipinski definition) is 3. The molecule has 134 valence electrons. The SMILES string of the molecule is CCc1ccc(C(=O)N2CCC3C(CCC(=O)N3C3CC3)C2)c(O)c1. The Morgan fingerprint density at radius 2 is 2.04 bits per heavy atom. The van der Waals surface area contributed by atoms with E-state index in [9.17, 15) is 14.7 Å². The van der Waals surface area contributed by atoms with E-state index in [1.54, 1.807) is 12.1 Å². The van der Waals surface area contributed by atoms with Crippen LogP contribution < -0.4 is 0 Å². The van der Waals surface area contributed by atoms with Crippen LogP contribution in [0.15, 0.2) is 18.2 Å². The molecule has 2 saturated heterocycles. The zero-order valence-corrected chi connectivity index (χ0v) is 14.8. The minimum atomic E-state index is -0.0894. The molecule has 1 aromatic carbocycles.